The molecule has 18 heteroatoms. The molecule has 212 valence electrons. The van der Waals surface area contributed by atoms with Gasteiger partial charge in [0.2, 0.25) is 0 Å². The minimum atomic E-state index is -8.46. The Morgan fingerprint density at radius 3 is 1.11 bits per heavy atom. The van der Waals surface area contributed by atoms with Gasteiger partial charge in [-0.25, -0.2) is 8.78 Å². The highest BCUT2D eigenvalue weighted by atomic mass is 19.4. The summed E-state index contributed by atoms with van der Waals surface area (Å²) in [6, 6.07) is 0. The fourth-order valence-corrected chi connectivity index (χ4v) is 2.68. The number of halogens is 16. The van der Waals surface area contributed by atoms with Crippen LogP contribution in [-0.4, -0.2) is 70.8 Å². The van der Waals surface area contributed by atoms with Crippen molar-refractivity contribution in [2.75, 3.05) is 13.3 Å². The Morgan fingerprint density at radius 1 is 0.429 bits per heavy atom. The molecule has 1 unspecified atom stereocenters. The van der Waals surface area contributed by atoms with Crippen molar-refractivity contribution in [3.05, 3.63) is 0 Å². The van der Waals surface area contributed by atoms with Crippen molar-refractivity contribution in [1.82, 2.24) is 0 Å². The van der Waals surface area contributed by atoms with Gasteiger partial charge in [0.05, 0.1) is 0 Å². The summed E-state index contributed by atoms with van der Waals surface area (Å²) in [7, 11) is 0. The van der Waals surface area contributed by atoms with E-state index in [1.165, 1.54) is 0 Å². The van der Waals surface area contributed by atoms with E-state index in [1.807, 2.05) is 0 Å². The molecule has 0 bridgehead atoms. The molecule has 0 heterocycles. The summed E-state index contributed by atoms with van der Waals surface area (Å²) in [4.78, 5) is 0. The minimum Gasteiger partial charge on any atom is -0.396 e. The Morgan fingerprint density at radius 2 is 0.743 bits per heavy atom. The van der Waals surface area contributed by atoms with E-state index in [2.05, 4.69) is 0 Å². The van der Waals surface area contributed by atoms with E-state index in [4.69, 9.17) is 10.2 Å². The van der Waals surface area contributed by atoms with Gasteiger partial charge >= 0.3 is 41.5 Å². The number of aliphatic hydroxyl groups excluding tert-OH is 1. The van der Waals surface area contributed by atoms with Gasteiger partial charge in [-0.2, -0.15) is 61.5 Å². The van der Waals surface area contributed by atoms with E-state index in [1.54, 1.807) is 0 Å². The van der Waals surface area contributed by atoms with Crippen LogP contribution >= 0.6 is 0 Å². The highest BCUT2D eigenvalue weighted by molar-refractivity contribution is 5.15. The van der Waals surface area contributed by atoms with Crippen LogP contribution in [-0.2, 0) is 0 Å². The molecular weight excluding hydrogens is 540 g/mol. The van der Waals surface area contributed by atoms with E-state index in [-0.39, 0.29) is 32.3 Å². The summed E-state index contributed by atoms with van der Waals surface area (Å²) in [6.45, 7) is -4.12. The third-order valence-corrected chi connectivity index (χ3v) is 5.00. The molecule has 0 spiro atoms. The average molecular weight is 560 g/mol. The number of unbranched alkanes of at least 4 members (excludes halogenated alkanes) is 5. The largest absolute Gasteiger partial charge is 0.396 e. The standard InChI is InChI=1S/C17H20F16O2/c18-9-10(19,20)12(22,23)14(26,27)16(30,31)17(32,33)15(28,29)13(24,25)11(21,35)7-5-3-1-2-4-6-8-34/h34-35H,1-9H2. The first kappa shape index (κ1) is 33.8. The predicted octanol–water partition coefficient (Wildman–Crippen LogP) is 6.78. The topological polar surface area (TPSA) is 40.5 Å². The van der Waals surface area contributed by atoms with Crippen molar-refractivity contribution in [3.63, 3.8) is 0 Å². The summed E-state index contributed by atoms with van der Waals surface area (Å²) in [5.74, 6) is -61.0. The molecule has 0 fully saturated rings. The summed E-state index contributed by atoms with van der Waals surface area (Å²) in [5.41, 5.74) is 0. The van der Waals surface area contributed by atoms with Gasteiger partial charge in [-0.15, -0.1) is 0 Å². The fourth-order valence-electron chi connectivity index (χ4n) is 2.68. The second-order valence-electron chi connectivity index (χ2n) is 7.64. The van der Waals surface area contributed by atoms with Crippen LogP contribution in [0.25, 0.3) is 0 Å². The van der Waals surface area contributed by atoms with Crippen LogP contribution in [0.3, 0.4) is 0 Å². The Bertz CT molecular complexity index is 677. The molecule has 35 heavy (non-hydrogen) atoms. The first-order chi connectivity index (χ1) is 15.4. The van der Waals surface area contributed by atoms with Crippen LogP contribution in [0.2, 0.25) is 0 Å². The van der Waals surface area contributed by atoms with Crippen LogP contribution in [0.5, 0.6) is 0 Å². The second-order valence-corrected chi connectivity index (χ2v) is 7.64. The van der Waals surface area contributed by atoms with Gasteiger partial charge in [0.25, 0.3) is 5.85 Å². The molecule has 0 aliphatic rings. The number of rotatable bonds is 16. The number of hydrogen-bond donors (Lipinski definition) is 2. The van der Waals surface area contributed by atoms with Crippen LogP contribution in [0.15, 0.2) is 0 Å². The zero-order chi connectivity index (χ0) is 28.4. The maximum Gasteiger partial charge on any atom is 0.385 e. The quantitative estimate of drug-likeness (QED) is 0.161. The van der Waals surface area contributed by atoms with E-state index in [0.29, 0.717) is 6.42 Å². The lowest BCUT2D eigenvalue weighted by Gasteiger charge is -2.44. The van der Waals surface area contributed by atoms with Crippen LogP contribution in [0.4, 0.5) is 70.2 Å². The third-order valence-electron chi connectivity index (χ3n) is 5.00. The molecule has 2 nitrogen and oxygen atoms in total. The minimum absolute atomic E-state index is 0.0381. The molecule has 0 aliphatic heterocycles. The molecule has 0 aromatic heterocycles. The van der Waals surface area contributed by atoms with Crippen molar-refractivity contribution in [1.29, 1.82) is 0 Å². The normalized spacial score (nSPS) is 17.0. The summed E-state index contributed by atoms with van der Waals surface area (Å²) < 4.78 is 214. The molecular formula is C17H20F16O2. The molecule has 0 aromatic rings. The molecule has 0 saturated heterocycles. The zero-order valence-electron chi connectivity index (χ0n) is 17.3. The molecule has 0 rings (SSSR count). The Kier molecular flexibility index (Phi) is 10.3. The van der Waals surface area contributed by atoms with E-state index < -0.39 is 66.8 Å². The Labute approximate surface area is 187 Å². The van der Waals surface area contributed by atoms with Gasteiger partial charge < -0.3 is 10.2 Å². The number of alkyl halides is 16. The number of aliphatic hydroxyl groups is 2. The van der Waals surface area contributed by atoms with E-state index in [9.17, 15) is 70.2 Å². The fraction of sp³-hybridized carbons (Fsp3) is 1.00. The first-order valence-electron chi connectivity index (χ1n) is 9.60. The maximum absolute atomic E-state index is 13.9. The van der Waals surface area contributed by atoms with Gasteiger partial charge in [-0.3, -0.25) is 0 Å². The molecule has 1 atom stereocenters. The van der Waals surface area contributed by atoms with Crippen molar-refractivity contribution >= 4 is 0 Å². The van der Waals surface area contributed by atoms with Crippen LogP contribution in [0.1, 0.15) is 44.9 Å². The average Bonchev–Trinajstić information content (AvgIpc) is 2.71. The molecule has 0 amide bonds. The number of hydrogen-bond acceptors (Lipinski definition) is 2. The van der Waals surface area contributed by atoms with Gasteiger partial charge in [0.15, 0.2) is 6.67 Å². The monoisotopic (exact) mass is 560 g/mol. The lowest BCUT2D eigenvalue weighted by atomic mass is 9.86. The molecule has 0 aliphatic carbocycles. The SMILES string of the molecule is OCCCCCCCCC(O)(F)C(F)(F)C(F)(F)C(F)(F)C(F)(F)C(F)(F)C(F)(F)C(F)(F)CF. The predicted molar refractivity (Wildman–Crippen MR) is 86.1 cm³/mol. The first-order valence-corrected chi connectivity index (χ1v) is 9.60. The van der Waals surface area contributed by atoms with Crippen LogP contribution in [0, 0.1) is 0 Å². The van der Waals surface area contributed by atoms with Gasteiger partial charge in [-0.1, -0.05) is 25.7 Å². The highest BCUT2D eigenvalue weighted by Crippen LogP contribution is 2.63. The lowest BCUT2D eigenvalue weighted by molar-refractivity contribution is -0.457. The van der Waals surface area contributed by atoms with Gasteiger partial charge in [-0.05, 0) is 12.8 Å². The zero-order valence-corrected chi connectivity index (χ0v) is 17.3. The van der Waals surface area contributed by atoms with Crippen molar-refractivity contribution in [2.45, 2.75) is 92.3 Å². The molecule has 0 saturated carbocycles. The van der Waals surface area contributed by atoms with Gasteiger partial charge in [0, 0.05) is 13.0 Å². The third kappa shape index (κ3) is 5.56. The van der Waals surface area contributed by atoms with E-state index >= 15 is 0 Å². The van der Waals surface area contributed by atoms with Crippen molar-refractivity contribution in [3.8, 4) is 0 Å². The van der Waals surface area contributed by atoms with E-state index in [0.717, 1.165) is 0 Å². The van der Waals surface area contributed by atoms with Crippen LogP contribution < -0.4 is 0 Å². The summed E-state index contributed by atoms with van der Waals surface area (Å²) in [5, 5.41) is 17.5. The smallest absolute Gasteiger partial charge is 0.385 e. The summed E-state index contributed by atoms with van der Waals surface area (Å²) in [6.07, 6.45) is -2.53. The van der Waals surface area contributed by atoms with Crippen molar-refractivity contribution < 1.29 is 80.5 Å². The molecule has 0 aromatic carbocycles. The lowest BCUT2D eigenvalue weighted by Crippen LogP contribution is -2.75. The second kappa shape index (κ2) is 10.7. The molecule has 2 N–H and O–H groups in total. The Hall–Kier alpha value is -1.20. The Balaban J connectivity index is 6.05. The van der Waals surface area contributed by atoms with Crippen molar-refractivity contribution in [2.24, 2.45) is 0 Å². The summed E-state index contributed by atoms with van der Waals surface area (Å²) >= 11 is 0. The highest BCUT2D eigenvalue weighted by Gasteiger charge is 2.94. The maximum atomic E-state index is 13.9. The van der Waals surface area contributed by atoms with Gasteiger partial charge in [0.1, 0.15) is 0 Å². The molecule has 0 radical (unpaired) electrons.